The summed E-state index contributed by atoms with van der Waals surface area (Å²) in [7, 11) is 4.72. The largest absolute Gasteiger partial charge is 0.497 e. The summed E-state index contributed by atoms with van der Waals surface area (Å²) in [6, 6.07) is 11.8. The van der Waals surface area contributed by atoms with Gasteiger partial charge in [-0.2, -0.15) is 0 Å². The predicted molar refractivity (Wildman–Crippen MR) is 164 cm³/mol. The Bertz CT molecular complexity index is 1460. The number of methoxy groups -OCH3 is 3. The van der Waals surface area contributed by atoms with E-state index in [1.807, 2.05) is 30.4 Å². The zero-order chi connectivity index (χ0) is 31.0. The van der Waals surface area contributed by atoms with Gasteiger partial charge in [0.2, 0.25) is 17.7 Å². The summed E-state index contributed by atoms with van der Waals surface area (Å²) in [5.74, 6) is -0.261. The van der Waals surface area contributed by atoms with Gasteiger partial charge in [0.1, 0.15) is 17.4 Å². The van der Waals surface area contributed by atoms with Gasteiger partial charge in [-0.3, -0.25) is 14.4 Å². The SMILES string of the molecule is COc1cccc(NC(=O)[C@@H]2[C@@H]3C=C[C@]4(O3)[C@@H]2C(=O)N(CCc2ccc(OC)c(OC)c2)[C@H]4C(=O)N[C@@H]2CCCC[C@@H]2C)c1. The molecule has 0 unspecified atom stereocenters. The van der Waals surface area contributed by atoms with E-state index in [1.165, 1.54) is 0 Å². The number of hydrogen-bond donors (Lipinski definition) is 2. The molecule has 1 spiro atoms. The van der Waals surface area contributed by atoms with Gasteiger partial charge in [0.05, 0.1) is 39.3 Å². The molecule has 4 aliphatic rings. The van der Waals surface area contributed by atoms with Crippen LogP contribution in [-0.2, 0) is 25.5 Å². The fourth-order valence-electron chi connectivity index (χ4n) is 7.51. The highest BCUT2D eigenvalue weighted by molar-refractivity contribution is 6.02. The third kappa shape index (κ3) is 5.19. The zero-order valence-electron chi connectivity index (χ0n) is 25.7. The number of hydrogen-bond acceptors (Lipinski definition) is 7. The molecule has 6 rings (SSSR count). The molecule has 44 heavy (non-hydrogen) atoms. The molecule has 3 heterocycles. The van der Waals surface area contributed by atoms with Crippen LogP contribution in [0.3, 0.4) is 0 Å². The monoisotopic (exact) mass is 603 g/mol. The average molecular weight is 604 g/mol. The zero-order valence-corrected chi connectivity index (χ0v) is 25.7. The molecule has 2 aromatic rings. The van der Waals surface area contributed by atoms with E-state index in [0.29, 0.717) is 35.3 Å². The van der Waals surface area contributed by atoms with E-state index in [-0.39, 0.29) is 30.3 Å². The van der Waals surface area contributed by atoms with Crippen LogP contribution in [0.5, 0.6) is 17.2 Å². The van der Waals surface area contributed by atoms with Gasteiger partial charge >= 0.3 is 0 Å². The maximum Gasteiger partial charge on any atom is 0.246 e. The Morgan fingerprint density at radius 3 is 2.55 bits per heavy atom. The second-order valence-corrected chi connectivity index (χ2v) is 12.3. The fourth-order valence-corrected chi connectivity index (χ4v) is 7.51. The first-order chi connectivity index (χ1) is 21.3. The lowest BCUT2D eigenvalue weighted by atomic mass is 9.74. The smallest absolute Gasteiger partial charge is 0.246 e. The average Bonchev–Trinajstić information content (AvgIpc) is 3.68. The van der Waals surface area contributed by atoms with Crippen molar-refractivity contribution in [3.63, 3.8) is 0 Å². The summed E-state index contributed by atoms with van der Waals surface area (Å²) >= 11 is 0. The molecule has 1 aliphatic carbocycles. The lowest BCUT2D eigenvalue weighted by Crippen LogP contribution is -2.57. The van der Waals surface area contributed by atoms with Crippen LogP contribution in [-0.4, -0.2) is 74.3 Å². The van der Waals surface area contributed by atoms with Gasteiger partial charge in [-0.1, -0.05) is 44.1 Å². The van der Waals surface area contributed by atoms with Crippen LogP contribution < -0.4 is 24.8 Å². The van der Waals surface area contributed by atoms with Gasteiger partial charge in [0, 0.05) is 24.3 Å². The summed E-state index contributed by atoms with van der Waals surface area (Å²) in [5, 5.41) is 6.24. The molecule has 2 bridgehead atoms. The van der Waals surface area contributed by atoms with Gasteiger partial charge in [-0.15, -0.1) is 0 Å². The molecular formula is C34H41N3O7. The van der Waals surface area contributed by atoms with E-state index in [9.17, 15) is 14.4 Å². The van der Waals surface area contributed by atoms with Crippen molar-refractivity contribution in [1.82, 2.24) is 10.2 Å². The number of nitrogens with zero attached hydrogens (tertiary/aromatic N) is 1. The minimum atomic E-state index is -1.22. The van der Waals surface area contributed by atoms with E-state index >= 15 is 0 Å². The standard InChI is InChI=1S/C34H41N3O7/c1-20-8-5-6-11-24(20)36-32(39)30-34-16-14-26(44-34)28(31(38)35-22-9-7-10-23(19-22)41-2)29(34)33(40)37(30)17-15-21-12-13-25(42-3)27(18-21)43-4/h7,9-10,12-14,16,18-20,24,26,28-30H,5-6,8,11,15,17H2,1-4H3,(H,35,38)(H,36,39)/t20-,24+,26-,28+,29-,30-,34-/m0/s1. The highest BCUT2D eigenvalue weighted by Crippen LogP contribution is 2.55. The second-order valence-electron chi connectivity index (χ2n) is 12.3. The lowest BCUT2D eigenvalue weighted by molar-refractivity contribution is -0.141. The molecule has 10 nitrogen and oxygen atoms in total. The highest BCUT2D eigenvalue weighted by atomic mass is 16.5. The molecule has 2 N–H and O–H groups in total. The van der Waals surface area contributed by atoms with Crippen LogP contribution >= 0.6 is 0 Å². The number of nitrogens with one attached hydrogen (secondary N) is 2. The number of carbonyl (C=O) groups is 3. The number of amides is 3. The third-order valence-electron chi connectivity index (χ3n) is 9.79. The van der Waals surface area contributed by atoms with Crippen molar-refractivity contribution in [2.45, 2.75) is 62.8 Å². The molecule has 2 aromatic carbocycles. The molecular weight excluding hydrogens is 562 g/mol. The van der Waals surface area contributed by atoms with Crippen LogP contribution in [0.15, 0.2) is 54.6 Å². The first-order valence-corrected chi connectivity index (χ1v) is 15.4. The van der Waals surface area contributed by atoms with Crippen LogP contribution in [0, 0.1) is 17.8 Å². The quantitative estimate of drug-likeness (QED) is 0.398. The van der Waals surface area contributed by atoms with Crippen molar-refractivity contribution >= 4 is 23.4 Å². The molecule has 0 aromatic heterocycles. The Hall–Kier alpha value is -4.05. The number of rotatable bonds is 10. The number of anilines is 1. The van der Waals surface area contributed by atoms with Gasteiger partial charge < -0.3 is 34.5 Å². The molecule has 0 radical (unpaired) electrons. The number of ether oxygens (including phenoxy) is 4. The maximum atomic E-state index is 14.3. The number of fused-ring (bicyclic) bond motifs is 1. The van der Waals surface area contributed by atoms with Crippen molar-refractivity contribution in [3.05, 3.63) is 60.2 Å². The summed E-state index contributed by atoms with van der Waals surface area (Å²) in [5.41, 5.74) is 0.266. The first kappa shape index (κ1) is 30.0. The molecule has 1 saturated carbocycles. The highest BCUT2D eigenvalue weighted by Gasteiger charge is 2.72. The second kappa shape index (κ2) is 12.1. The van der Waals surface area contributed by atoms with Crippen molar-refractivity contribution < 1.29 is 33.3 Å². The Morgan fingerprint density at radius 2 is 1.80 bits per heavy atom. The number of benzene rings is 2. The van der Waals surface area contributed by atoms with Gasteiger partial charge in [0.15, 0.2) is 11.5 Å². The number of carbonyl (C=O) groups excluding carboxylic acids is 3. The van der Waals surface area contributed by atoms with E-state index in [4.69, 9.17) is 18.9 Å². The van der Waals surface area contributed by atoms with Gasteiger partial charge in [-0.25, -0.2) is 0 Å². The van der Waals surface area contributed by atoms with Crippen molar-refractivity contribution in [2.24, 2.45) is 17.8 Å². The van der Waals surface area contributed by atoms with Gasteiger partial charge in [0.25, 0.3) is 0 Å². The van der Waals surface area contributed by atoms with Crippen molar-refractivity contribution in [2.75, 3.05) is 33.2 Å². The normalized spacial score (nSPS) is 30.2. The number of likely N-dealkylation sites (tertiary alicyclic amines) is 1. The van der Waals surface area contributed by atoms with Crippen LogP contribution in [0.2, 0.25) is 0 Å². The first-order valence-electron chi connectivity index (χ1n) is 15.4. The summed E-state index contributed by atoms with van der Waals surface area (Å²) in [4.78, 5) is 44.0. The Balaban J connectivity index is 1.29. The van der Waals surface area contributed by atoms with Crippen molar-refractivity contribution in [1.29, 1.82) is 0 Å². The predicted octanol–water partition coefficient (Wildman–Crippen LogP) is 3.74. The van der Waals surface area contributed by atoms with Gasteiger partial charge in [-0.05, 0) is 55.0 Å². The lowest BCUT2D eigenvalue weighted by Gasteiger charge is -2.36. The topological polar surface area (TPSA) is 115 Å². The van der Waals surface area contributed by atoms with E-state index in [0.717, 1.165) is 31.2 Å². The van der Waals surface area contributed by atoms with Crippen LogP contribution in [0.4, 0.5) is 5.69 Å². The molecule has 3 amide bonds. The molecule has 7 atom stereocenters. The Morgan fingerprint density at radius 1 is 1.00 bits per heavy atom. The summed E-state index contributed by atoms with van der Waals surface area (Å²) in [6.45, 7) is 2.44. The molecule has 10 heteroatoms. The minimum absolute atomic E-state index is 0.0317. The molecule has 3 fully saturated rings. The maximum absolute atomic E-state index is 14.3. The third-order valence-corrected chi connectivity index (χ3v) is 9.79. The Labute approximate surface area is 258 Å². The fraction of sp³-hybridized carbons (Fsp3) is 0.500. The van der Waals surface area contributed by atoms with E-state index in [1.54, 1.807) is 50.5 Å². The summed E-state index contributed by atoms with van der Waals surface area (Å²) < 4.78 is 22.7. The Kier molecular flexibility index (Phi) is 8.28. The van der Waals surface area contributed by atoms with E-state index in [2.05, 4.69) is 17.6 Å². The molecule has 234 valence electrons. The van der Waals surface area contributed by atoms with E-state index < -0.39 is 29.6 Å². The van der Waals surface area contributed by atoms with Crippen molar-refractivity contribution in [3.8, 4) is 17.2 Å². The molecule has 3 aliphatic heterocycles. The minimum Gasteiger partial charge on any atom is -0.497 e. The van der Waals surface area contributed by atoms with Crippen LogP contribution in [0.1, 0.15) is 38.2 Å². The summed E-state index contributed by atoms with van der Waals surface area (Å²) in [6.07, 6.45) is 7.72. The molecule has 2 saturated heterocycles. The van der Waals surface area contributed by atoms with Crippen LogP contribution in [0.25, 0.3) is 0 Å².